The Morgan fingerprint density at radius 2 is 2.00 bits per heavy atom. The van der Waals surface area contributed by atoms with Crippen LogP contribution in [0.15, 0.2) is 16.6 Å². The van der Waals surface area contributed by atoms with Crippen LogP contribution in [0.4, 0.5) is 10.1 Å². The fourth-order valence-corrected chi connectivity index (χ4v) is 1.53. The fourth-order valence-electron chi connectivity index (χ4n) is 1.20. The molecule has 3 N–H and O–H groups in total. The van der Waals surface area contributed by atoms with Crippen molar-refractivity contribution in [3.05, 3.63) is 28.0 Å². The smallest absolute Gasteiger partial charge is 0.337 e. The average Bonchev–Trinajstić information content (AvgIpc) is 2.23. The van der Waals surface area contributed by atoms with E-state index in [0.29, 0.717) is 0 Å². The molecule has 0 aliphatic heterocycles. The van der Waals surface area contributed by atoms with E-state index in [1.54, 1.807) is 0 Å². The van der Waals surface area contributed by atoms with Gasteiger partial charge in [-0.3, -0.25) is 4.79 Å². The molecule has 0 unspecified atom stereocenters. The predicted molar refractivity (Wildman–Crippen MR) is 61.8 cm³/mol. The SMILES string of the molecule is O=C(O)CCNc1c(C(=O)O)ccc(Br)c1F. The van der Waals surface area contributed by atoms with Gasteiger partial charge in [0.1, 0.15) is 0 Å². The minimum Gasteiger partial charge on any atom is -0.481 e. The van der Waals surface area contributed by atoms with E-state index in [0.717, 1.165) is 0 Å². The molecule has 0 heterocycles. The number of anilines is 1. The Balaban J connectivity index is 2.98. The van der Waals surface area contributed by atoms with Gasteiger partial charge in [-0.15, -0.1) is 0 Å². The highest BCUT2D eigenvalue weighted by Crippen LogP contribution is 2.27. The molecule has 0 aliphatic carbocycles. The largest absolute Gasteiger partial charge is 0.481 e. The van der Waals surface area contributed by atoms with E-state index in [2.05, 4.69) is 21.2 Å². The van der Waals surface area contributed by atoms with E-state index >= 15 is 0 Å². The van der Waals surface area contributed by atoms with Crippen molar-refractivity contribution in [1.82, 2.24) is 0 Å². The third kappa shape index (κ3) is 3.42. The van der Waals surface area contributed by atoms with Crippen molar-refractivity contribution in [2.24, 2.45) is 0 Å². The van der Waals surface area contributed by atoms with Crippen LogP contribution in [-0.4, -0.2) is 28.7 Å². The number of carbonyl (C=O) groups is 2. The van der Waals surface area contributed by atoms with Crippen LogP contribution >= 0.6 is 15.9 Å². The van der Waals surface area contributed by atoms with Crippen molar-refractivity contribution in [1.29, 1.82) is 0 Å². The van der Waals surface area contributed by atoms with Gasteiger partial charge in [-0.25, -0.2) is 9.18 Å². The Morgan fingerprint density at radius 1 is 1.35 bits per heavy atom. The maximum Gasteiger partial charge on any atom is 0.337 e. The van der Waals surface area contributed by atoms with Crippen LogP contribution in [0.3, 0.4) is 0 Å². The van der Waals surface area contributed by atoms with Crippen LogP contribution in [0, 0.1) is 5.82 Å². The number of aliphatic carboxylic acids is 1. The summed E-state index contributed by atoms with van der Waals surface area (Å²) in [7, 11) is 0. The molecule has 0 radical (unpaired) electrons. The standard InChI is InChI=1S/C10H9BrFNO4/c11-6-2-1-5(10(16)17)9(8(6)12)13-4-3-7(14)15/h1-2,13H,3-4H2,(H,14,15)(H,16,17). The van der Waals surface area contributed by atoms with E-state index in [-0.39, 0.29) is 28.7 Å². The topological polar surface area (TPSA) is 86.6 Å². The molecular formula is C10H9BrFNO4. The van der Waals surface area contributed by atoms with Gasteiger partial charge in [-0.2, -0.15) is 0 Å². The second-order valence-corrected chi connectivity index (χ2v) is 4.01. The highest BCUT2D eigenvalue weighted by Gasteiger charge is 2.16. The maximum absolute atomic E-state index is 13.6. The third-order valence-electron chi connectivity index (χ3n) is 1.97. The van der Waals surface area contributed by atoms with Gasteiger partial charge in [-0.05, 0) is 28.1 Å². The molecule has 1 aromatic rings. The van der Waals surface area contributed by atoms with E-state index < -0.39 is 17.8 Å². The van der Waals surface area contributed by atoms with Crippen LogP contribution in [-0.2, 0) is 4.79 Å². The molecule has 92 valence electrons. The number of rotatable bonds is 5. The van der Waals surface area contributed by atoms with Gasteiger partial charge in [-0.1, -0.05) is 0 Å². The minimum absolute atomic E-state index is 0.0526. The number of benzene rings is 1. The molecule has 17 heavy (non-hydrogen) atoms. The molecule has 0 aliphatic rings. The summed E-state index contributed by atoms with van der Waals surface area (Å²) in [5.41, 5.74) is -0.454. The number of hydrogen-bond donors (Lipinski definition) is 3. The molecule has 0 atom stereocenters. The number of carboxylic acids is 2. The highest BCUT2D eigenvalue weighted by molar-refractivity contribution is 9.10. The van der Waals surface area contributed by atoms with Crippen molar-refractivity contribution in [2.45, 2.75) is 6.42 Å². The van der Waals surface area contributed by atoms with E-state index in [4.69, 9.17) is 10.2 Å². The van der Waals surface area contributed by atoms with Gasteiger partial charge in [0.05, 0.1) is 22.1 Å². The second kappa shape index (κ2) is 5.62. The Morgan fingerprint density at radius 3 is 2.53 bits per heavy atom. The lowest BCUT2D eigenvalue weighted by atomic mass is 10.1. The van der Waals surface area contributed by atoms with Crippen molar-refractivity contribution in [3.63, 3.8) is 0 Å². The quantitative estimate of drug-likeness (QED) is 0.776. The van der Waals surface area contributed by atoms with E-state index in [1.807, 2.05) is 0 Å². The first-order valence-corrected chi connectivity index (χ1v) is 5.39. The summed E-state index contributed by atoms with van der Waals surface area (Å²) in [6, 6.07) is 2.51. The molecule has 0 aromatic heterocycles. The van der Waals surface area contributed by atoms with Gasteiger partial charge >= 0.3 is 11.9 Å². The summed E-state index contributed by atoms with van der Waals surface area (Å²) in [5.74, 6) is -3.09. The lowest BCUT2D eigenvalue weighted by Gasteiger charge is -2.10. The fraction of sp³-hybridized carbons (Fsp3) is 0.200. The molecule has 1 aromatic carbocycles. The Labute approximate surface area is 104 Å². The van der Waals surface area contributed by atoms with Crippen molar-refractivity contribution >= 4 is 33.6 Å². The molecule has 7 heteroatoms. The molecule has 0 fully saturated rings. The summed E-state index contributed by atoms with van der Waals surface area (Å²) in [4.78, 5) is 21.1. The van der Waals surface area contributed by atoms with Gasteiger partial charge in [0.2, 0.25) is 0 Å². The number of halogens is 2. The summed E-state index contributed by atoms with van der Waals surface area (Å²) in [6.45, 7) is -0.0526. The van der Waals surface area contributed by atoms with Crippen molar-refractivity contribution in [2.75, 3.05) is 11.9 Å². The minimum atomic E-state index is -1.28. The Kier molecular flexibility index (Phi) is 4.45. The summed E-state index contributed by atoms with van der Waals surface area (Å²) in [5, 5.41) is 19.8. The van der Waals surface area contributed by atoms with Crippen molar-refractivity contribution in [3.8, 4) is 0 Å². The summed E-state index contributed by atoms with van der Waals surface area (Å²) in [6.07, 6.45) is -0.231. The molecule has 5 nitrogen and oxygen atoms in total. The zero-order valence-electron chi connectivity index (χ0n) is 8.54. The molecular weight excluding hydrogens is 297 g/mol. The zero-order chi connectivity index (χ0) is 13.0. The number of nitrogens with one attached hydrogen (secondary N) is 1. The first-order chi connectivity index (χ1) is 7.93. The van der Waals surface area contributed by atoms with Crippen LogP contribution < -0.4 is 5.32 Å². The van der Waals surface area contributed by atoms with Crippen molar-refractivity contribution < 1.29 is 24.2 Å². The van der Waals surface area contributed by atoms with Crippen LogP contribution in [0.2, 0.25) is 0 Å². The summed E-state index contributed by atoms with van der Waals surface area (Å²) >= 11 is 2.93. The number of hydrogen-bond acceptors (Lipinski definition) is 3. The molecule has 0 amide bonds. The van der Waals surface area contributed by atoms with E-state index in [1.165, 1.54) is 12.1 Å². The van der Waals surface area contributed by atoms with Gasteiger partial charge < -0.3 is 15.5 Å². The monoisotopic (exact) mass is 305 g/mol. The lowest BCUT2D eigenvalue weighted by Crippen LogP contribution is -2.12. The molecule has 0 saturated heterocycles. The maximum atomic E-state index is 13.6. The first-order valence-electron chi connectivity index (χ1n) is 4.60. The normalized spacial score (nSPS) is 10.0. The Hall–Kier alpha value is -1.63. The molecule has 0 bridgehead atoms. The Bertz CT molecular complexity index is 464. The van der Waals surface area contributed by atoms with Crippen LogP contribution in [0.5, 0.6) is 0 Å². The predicted octanol–water partition coefficient (Wildman–Crippen LogP) is 2.17. The number of aromatic carboxylic acids is 1. The molecule has 0 spiro atoms. The van der Waals surface area contributed by atoms with Gasteiger partial charge in [0, 0.05) is 6.54 Å². The van der Waals surface area contributed by atoms with Crippen LogP contribution in [0.25, 0.3) is 0 Å². The summed E-state index contributed by atoms with van der Waals surface area (Å²) < 4.78 is 13.7. The van der Waals surface area contributed by atoms with Gasteiger partial charge in [0.15, 0.2) is 5.82 Å². The molecule has 0 saturated carbocycles. The first kappa shape index (κ1) is 13.4. The second-order valence-electron chi connectivity index (χ2n) is 3.16. The zero-order valence-corrected chi connectivity index (χ0v) is 10.1. The van der Waals surface area contributed by atoms with E-state index in [9.17, 15) is 14.0 Å². The number of carboxylic acid groups (broad SMARTS) is 2. The van der Waals surface area contributed by atoms with Crippen LogP contribution in [0.1, 0.15) is 16.8 Å². The van der Waals surface area contributed by atoms with Gasteiger partial charge in [0.25, 0.3) is 0 Å². The lowest BCUT2D eigenvalue weighted by molar-refractivity contribution is -0.136. The average molecular weight is 306 g/mol. The molecule has 1 rings (SSSR count). The highest BCUT2D eigenvalue weighted by atomic mass is 79.9. The third-order valence-corrected chi connectivity index (χ3v) is 2.58.